The third kappa shape index (κ3) is 7.79. The van der Waals surface area contributed by atoms with E-state index in [0.717, 1.165) is 12.0 Å². The van der Waals surface area contributed by atoms with Crippen LogP contribution < -0.4 is 15.2 Å². The van der Waals surface area contributed by atoms with E-state index >= 15 is 0 Å². The monoisotopic (exact) mass is 663 g/mol. The van der Waals surface area contributed by atoms with Gasteiger partial charge in [-0.3, -0.25) is 0 Å². The largest absolute Gasteiger partial charge is 0.474 e. The third-order valence-corrected chi connectivity index (χ3v) is 14.9. The normalized spacial score (nSPS) is 24.6. The van der Waals surface area contributed by atoms with Gasteiger partial charge in [-0.25, -0.2) is 19.9 Å². The average molecular weight is 664 g/mol. The van der Waals surface area contributed by atoms with E-state index in [2.05, 4.69) is 61.3 Å². The van der Waals surface area contributed by atoms with Crippen molar-refractivity contribution in [3.8, 4) is 5.88 Å². The van der Waals surface area contributed by atoms with Crippen LogP contribution in [0.2, 0.25) is 18.1 Å². The van der Waals surface area contributed by atoms with Crippen LogP contribution >= 0.6 is 0 Å². The predicted octanol–water partition coefficient (Wildman–Crippen LogP) is 5.35. The first-order valence-electron chi connectivity index (χ1n) is 15.3. The molecule has 1 heterocycles. The van der Waals surface area contributed by atoms with E-state index in [1.165, 1.54) is 11.9 Å². The van der Waals surface area contributed by atoms with Gasteiger partial charge in [0.15, 0.2) is 8.32 Å². The molecule has 1 aromatic carbocycles. The van der Waals surface area contributed by atoms with Crippen molar-refractivity contribution >= 4 is 30.4 Å². The molecule has 2 aliphatic carbocycles. The van der Waals surface area contributed by atoms with Crippen LogP contribution in [0, 0.1) is 11.3 Å². The molecular formula is C31H49N5O7SSi. The van der Waals surface area contributed by atoms with Crippen LogP contribution in [0.25, 0.3) is 0 Å². The van der Waals surface area contributed by atoms with Crippen LogP contribution in [0.1, 0.15) is 71.6 Å². The van der Waals surface area contributed by atoms with E-state index in [0.29, 0.717) is 28.8 Å². The van der Waals surface area contributed by atoms with E-state index in [4.69, 9.17) is 19.0 Å². The maximum Gasteiger partial charge on any atom is 0.422 e. The minimum absolute atomic E-state index is 0.0593. The lowest BCUT2D eigenvalue weighted by atomic mass is 9.77. The van der Waals surface area contributed by atoms with Gasteiger partial charge in [0.05, 0.1) is 24.3 Å². The highest BCUT2D eigenvalue weighted by Crippen LogP contribution is 2.46. The van der Waals surface area contributed by atoms with Crippen molar-refractivity contribution in [2.75, 3.05) is 12.4 Å². The maximum atomic E-state index is 12.7. The summed E-state index contributed by atoms with van der Waals surface area (Å²) in [6, 6.07) is 8.85. The molecule has 0 spiro atoms. The Labute approximate surface area is 268 Å². The minimum Gasteiger partial charge on any atom is -0.474 e. The fraction of sp³-hybridized carbons (Fsp3) is 0.645. The van der Waals surface area contributed by atoms with Crippen molar-refractivity contribution in [1.82, 2.24) is 14.3 Å². The summed E-state index contributed by atoms with van der Waals surface area (Å²) in [7, 11) is -5.26. The first kappa shape index (κ1) is 35.1. The number of hydrogen-bond donors (Lipinski definition) is 3. The zero-order chi connectivity index (χ0) is 33.5. The molecule has 45 heavy (non-hydrogen) atoms. The van der Waals surface area contributed by atoms with Crippen molar-refractivity contribution < 1.29 is 32.2 Å². The summed E-state index contributed by atoms with van der Waals surface area (Å²) in [5.41, 5.74) is 1.59. The number of carboxylic acid groups (broad SMARTS) is 1. The molecule has 0 aliphatic heterocycles. The molecule has 14 heteroatoms. The highest BCUT2D eigenvalue weighted by Gasteiger charge is 2.53. The molecule has 1 unspecified atom stereocenters. The molecular weight excluding hydrogens is 615 g/mol. The molecule has 2 aromatic rings. The zero-order valence-electron chi connectivity index (χ0n) is 27.8. The lowest BCUT2D eigenvalue weighted by molar-refractivity contribution is 0.0446. The topological polar surface area (TPSA) is 166 Å². The van der Waals surface area contributed by atoms with Gasteiger partial charge in [0.2, 0.25) is 5.88 Å². The zero-order valence-corrected chi connectivity index (χ0v) is 29.6. The Morgan fingerprint density at radius 2 is 1.78 bits per heavy atom. The van der Waals surface area contributed by atoms with Gasteiger partial charge in [-0.15, -0.1) is 0 Å². The molecule has 1 aromatic heterocycles. The second-order valence-corrected chi connectivity index (χ2v) is 20.9. The number of ether oxygens (including phenoxy) is 2. The van der Waals surface area contributed by atoms with Gasteiger partial charge in [0.1, 0.15) is 18.2 Å². The Balaban J connectivity index is 1.63. The van der Waals surface area contributed by atoms with Gasteiger partial charge in [-0.1, -0.05) is 65.8 Å². The van der Waals surface area contributed by atoms with Gasteiger partial charge >= 0.3 is 16.3 Å². The fourth-order valence-corrected chi connectivity index (χ4v) is 8.81. The smallest absolute Gasteiger partial charge is 0.422 e. The number of methoxy groups -OCH3 is 1. The molecule has 1 saturated carbocycles. The molecule has 1 amide bonds. The minimum atomic E-state index is -4.59. The molecule has 6 atom stereocenters. The van der Waals surface area contributed by atoms with Crippen LogP contribution in [0.5, 0.6) is 5.88 Å². The number of fused-ring (bicyclic) bond motifs is 1. The van der Waals surface area contributed by atoms with Crippen molar-refractivity contribution in [2.24, 2.45) is 16.5 Å². The number of nitrogens with two attached hydrogens (primary N) is 1. The summed E-state index contributed by atoms with van der Waals surface area (Å²) in [6.07, 6.45) is 0.414. The molecule has 250 valence electrons. The fourth-order valence-electron chi connectivity index (χ4n) is 6.42. The summed E-state index contributed by atoms with van der Waals surface area (Å²) in [4.78, 5) is 21.2. The van der Waals surface area contributed by atoms with Gasteiger partial charge in [0.25, 0.3) is 0 Å². The van der Waals surface area contributed by atoms with Crippen LogP contribution in [0.15, 0.2) is 36.7 Å². The van der Waals surface area contributed by atoms with Crippen molar-refractivity contribution in [1.29, 1.82) is 0 Å². The Kier molecular flexibility index (Phi) is 9.96. The van der Waals surface area contributed by atoms with E-state index < -0.39 is 54.2 Å². The number of nitrogens with zero attached hydrogens (tertiary/aromatic N) is 3. The first-order chi connectivity index (χ1) is 20.7. The van der Waals surface area contributed by atoms with Crippen LogP contribution in [-0.4, -0.2) is 73.7 Å². The number of hydrogen-bond acceptors (Lipinski definition) is 9. The number of benzene rings is 1. The highest BCUT2D eigenvalue weighted by atomic mass is 32.2. The first-order valence-corrected chi connectivity index (χ1v) is 19.7. The molecule has 1 fully saturated rings. The second kappa shape index (κ2) is 12.8. The number of carbonyl (C=O) groups is 1. The molecule has 0 saturated heterocycles. The summed E-state index contributed by atoms with van der Waals surface area (Å²) in [5, 5.41) is 18.9. The van der Waals surface area contributed by atoms with Crippen LogP contribution in [-0.2, 0) is 25.8 Å². The Bertz CT molecular complexity index is 1480. The lowest BCUT2D eigenvalue weighted by Gasteiger charge is -2.45. The SMILES string of the molecule is CO[C@H]1Cc2ccccc2[C@H]1Nc1cc(O[C@H]2C[C@H](O[Si](C)(C)C(C)(C)C)[C@H](C(N(C(=O)O)S(N)(=O)=O)C(C)(C)C)C2)ncn1. The van der Waals surface area contributed by atoms with E-state index in [1.54, 1.807) is 13.2 Å². The van der Waals surface area contributed by atoms with Gasteiger partial charge in [-0.2, -0.15) is 12.7 Å². The Morgan fingerprint density at radius 3 is 2.36 bits per heavy atom. The molecule has 0 radical (unpaired) electrons. The molecule has 0 bridgehead atoms. The maximum absolute atomic E-state index is 12.7. The third-order valence-electron chi connectivity index (χ3n) is 9.49. The Hall–Kier alpha value is -2.78. The lowest BCUT2D eigenvalue weighted by Crippen LogP contribution is -2.58. The average Bonchev–Trinajstić information content (AvgIpc) is 3.45. The molecule has 4 N–H and O–H groups in total. The van der Waals surface area contributed by atoms with Gasteiger partial charge < -0.3 is 24.3 Å². The van der Waals surface area contributed by atoms with Gasteiger partial charge in [0, 0.05) is 31.9 Å². The van der Waals surface area contributed by atoms with E-state index in [1.807, 2.05) is 32.9 Å². The molecule has 4 rings (SSSR count). The van der Waals surface area contributed by atoms with Crippen LogP contribution in [0.3, 0.4) is 0 Å². The summed E-state index contributed by atoms with van der Waals surface area (Å²) in [6.45, 7) is 16.1. The van der Waals surface area contributed by atoms with Crippen molar-refractivity contribution in [3.05, 3.63) is 47.8 Å². The quantitative estimate of drug-likeness (QED) is 0.282. The summed E-state index contributed by atoms with van der Waals surface area (Å²) in [5.74, 6) is 0.403. The van der Waals surface area contributed by atoms with E-state index in [9.17, 15) is 18.3 Å². The predicted molar refractivity (Wildman–Crippen MR) is 175 cm³/mol. The van der Waals surface area contributed by atoms with Crippen molar-refractivity contribution in [2.45, 2.75) is 109 Å². The highest BCUT2D eigenvalue weighted by molar-refractivity contribution is 7.87. The van der Waals surface area contributed by atoms with E-state index in [-0.39, 0.29) is 17.2 Å². The summed E-state index contributed by atoms with van der Waals surface area (Å²) < 4.78 is 44.8. The van der Waals surface area contributed by atoms with Gasteiger partial charge in [-0.05, 0) is 41.1 Å². The molecule has 2 aliphatic rings. The molecule has 12 nitrogen and oxygen atoms in total. The number of anilines is 1. The van der Waals surface area contributed by atoms with Crippen LogP contribution in [0.4, 0.5) is 10.6 Å². The van der Waals surface area contributed by atoms with Crippen molar-refractivity contribution in [3.63, 3.8) is 0 Å². The number of amides is 1. The standard InChI is InChI=1S/C31H49N5O7SSi/c1-30(2,3)28(36(29(37)38)44(32,39)40)22-15-20(16-23(22)43-45(8,9)31(4,5)6)42-26-17-25(33-18-34-26)35-27-21-13-11-10-12-19(21)14-24(27)41-7/h10-13,17-18,20,22-24,27-28H,14-16H2,1-9H3,(H,37,38)(H2,32,39,40)(H,33,34,35)/t20-,22-,23+,24+,27-,28?/m1/s1. The Morgan fingerprint density at radius 1 is 1.11 bits per heavy atom. The number of nitrogens with one attached hydrogen (secondary N) is 1. The number of rotatable bonds is 10. The number of aromatic nitrogens is 2. The second-order valence-electron chi connectivity index (χ2n) is 14.8. The summed E-state index contributed by atoms with van der Waals surface area (Å²) >= 11 is 0.